The average Bonchev–Trinajstić information content (AvgIpc) is 3.19. The van der Waals surface area contributed by atoms with Gasteiger partial charge in [-0.2, -0.15) is 0 Å². The van der Waals surface area contributed by atoms with E-state index in [2.05, 4.69) is 60.7 Å². The molecular weight excluding hydrogens is 384 g/mol. The van der Waals surface area contributed by atoms with E-state index in [1.165, 1.54) is 10.8 Å². The molecule has 0 aliphatic carbocycles. The molecule has 3 heteroatoms. The number of methoxy groups -OCH3 is 2. The molecule has 31 heavy (non-hydrogen) atoms. The van der Waals surface area contributed by atoms with Crippen LogP contribution in [0.3, 0.4) is 0 Å². The summed E-state index contributed by atoms with van der Waals surface area (Å²) in [6.45, 7) is 0. The van der Waals surface area contributed by atoms with Gasteiger partial charge in [-0.1, -0.05) is 66.7 Å². The van der Waals surface area contributed by atoms with Crippen LogP contribution in [-0.2, 0) is 0 Å². The van der Waals surface area contributed by atoms with Crippen molar-refractivity contribution in [1.29, 1.82) is 0 Å². The van der Waals surface area contributed by atoms with Gasteiger partial charge in [-0.3, -0.25) is 0 Å². The third-order valence-corrected chi connectivity index (χ3v) is 6.03. The number of ether oxygens (including phenoxy) is 2. The summed E-state index contributed by atoms with van der Waals surface area (Å²) in [5, 5.41) is 6.67. The Morgan fingerprint density at radius 1 is 0.581 bits per heavy atom. The lowest BCUT2D eigenvalue weighted by molar-refractivity contribution is 0.400. The highest BCUT2D eigenvalue weighted by molar-refractivity contribution is 6.19. The zero-order valence-corrected chi connectivity index (χ0v) is 17.3. The first-order valence-corrected chi connectivity index (χ1v) is 10.3. The van der Waals surface area contributed by atoms with Gasteiger partial charge in [-0.05, 0) is 33.7 Å². The molecular formula is C28H20O3. The van der Waals surface area contributed by atoms with Crippen LogP contribution in [0, 0.1) is 0 Å². The van der Waals surface area contributed by atoms with Crippen molar-refractivity contribution in [3.8, 4) is 22.6 Å². The predicted octanol–water partition coefficient (Wildman–Crippen LogP) is 7.58. The maximum Gasteiger partial charge on any atom is 0.142 e. The second-order valence-corrected chi connectivity index (χ2v) is 7.65. The van der Waals surface area contributed by atoms with Crippen molar-refractivity contribution >= 4 is 43.5 Å². The molecule has 150 valence electrons. The van der Waals surface area contributed by atoms with E-state index in [0.29, 0.717) is 0 Å². The van der Waals surface area contributed by atoms with Gasteiger partial charge in [0, 0.05) is 17.0 Å². The van der Waals surface area contributed by atoms with Crippen LogP contribution >= 0.6 is 0 Å². The fraction of sp³-hybridized carbons (Fsp3) is 0.0714. The number of benzene rings is 5. The second kappa shape index (κ2) is 6.78. The van der Waals surface area contributed by atoms with Gasteiger partial charge in [0.15, 0.2) is 0 Å². The van der Waals surface area contributed by atoms with Gasteiger partial charge in [0.2, 0.25) is 0 Å². The van der Waals surface area contributed by atoms with Gasteiger partial charge in [-0.15, -0.1) is 0 Å². The molecule has 0 aliphatic rings. The highest BCUT2D eigenvalue weighted by Crippen LogP contribution is 2.50. The van der Waals surface area contributed by atoms with E-state index in [4.69, 9.17) is 13.9 Å². The number of hydrogen-bond donors (Lipinski definition) is 0. The molecule has 5 aromatic carbocycles. The molecule has 0 fully saturated rings. The summed E-state index contributed by atoms with van der Waals surface area (Å²) in [5.41, 5.74) is 3.63. The maximum absolute atomic E-state index is 6.14. The topological polar surface area (TPSA) is 31.6 Å². The zero-order chi connectivity index (χ0) is 20.9. The number of rotatable bonds is 3. The Morgan fingerprint density at radius 2 is 1.19 bits per heavy atom. The fourth-order valence-corrected chi connectivity index (χ4v) is 4.71. The summed E-state index contributed by atoms with van der Waals surface area (Å²) in [7, 11) is 3.41. The van der Waals surface area contributed by atoms with Crippen molar-refractivity contribution in [1.82, 2.24) is 0 Å². The smallest absolute Gasteiger partial charge is 0.142 e. The quantitative estimate of drug-likeness (QED) is 0.285. The van der Waals surface area contributed by atoms with Crippen molar-refractivity contribution in [2.24, 2.45) is 0 Å². The predicted molar refractivity (Wildman–Crippen MR) is 127 cm³/mol. The lowest BCUT2D eigenvalue weighted by atomic mass is 9.90. The molecule has 0 aliphatic heterocycles. The summed E-state index contributed by atoms with van der Waals surface area (Å²) in [5.74, 6) is 1.49. The number of hydrogen-bond acceptors (Lipinski definition) is 3. The van der Waals surface area contributed by atoms with Crippen LogP contribution in [0.4, 0.5) is 0 Å². The van der Waals surface area contributed by atoms with E-state index in [9.17, 15) is 0 Å². The van der Waals surface area contributed by atoms with E-state index in [0.717, 1.165) is 55.3 Å². The van der Waals surface area contributed by atoms with E-state index in [-0.39, 0.29) is 0 Å². The molecule has 0 radical (unpaired) electrons. The normalized spacial score (nSPS) is 11.5. The molecule has 0 saturated heterocycles. The van der Waals surface area contributed by atoms with Gasteiger partial charge in [0.05, 0.1) is 25.2 Å². The highest BCUT2D eigenvalue weighted by atomic mass is 16.5. The third kappa shape index (κ3) is 2.53. The molecule has 0 N–H and O–H groups in total. The molecule has 3 nitrogen and oxygen atoms in total. The van der Waals surface area contributed by atoms with Crippen LogP contribution in [0.1, 0.15) is 0 Å². The van der Waals surface area contributed by atoms with Gasteiger partial charge >= 0.3 is 0 Å². The van der Waals surface area contributed by atoms with Crippen LogP contribution in [0.5, 0.6) is 11.5 Å². The monoisotopic (exact) mass is 404 g/mol. The van der Waals surface area contributed by atoms with Crippen molar-refractivity contribution < 1.29 is 13.9 Å². The van der Waals surface area contributed by atoms with Crippen molar-refractivity contribution in [2.45, 2.75) is 0 Å². The molecule has 1 heterocycles. The summed E-state index contributed by atoms with van der Waals surface area (Å²) in [6, 6.07) is 29.2. The Labute approximate surface area is 179 Å². The maximum atomic E-state index is 6.14. The van der Waals surface area contributed by atoms with Crippen LogP contribution in [0.25, 0.3) is 54.6 Å². The second-order valence-electron chi connectivity index (χ2n) is 7.65. The molecule has 0 spiro atoms. The molecule has 0 bridgehead atoms. The van der Waals surface area contributed by atoms with Crippen molar-refractivity contribution in [3.05, 3.63) is 84.9 Å². The minimum atomic E-state index is 0.727. The third-order valence-electron chi connectivity index (χ3n) is 6.03. The lowest BCUT2D eigenvalue weighted by Crippen LogP contribution is -1.96. The molecule has 6 rings (SSSR count). The Bertz CT molecular complexity index is 1550. The van der Waals surface area contributed by atoms with Gasteiger partial charge in [0.25, 0.3) is 0 Å². The minimum Gasteiger partial charge on any atom is -0.496 e. The Balaban J connectivity index is 1.88. The Hall–Kier alpha value is -3.98. The molecule has 0 amide bonds. The lowest BCUT2D eigenvalue weighted by Gasteiger charge is -2.18. The first kappa shape index (κ1) is 17.8. The van der Waals surface area contributed by atoms with E-state index < -0.39 is 0 Å². The summed E-state index contributed by atoms with van der Waals surface area (Å²) in [4.78, 5) is 0. The number of fused-ring (bicyclic) bond motifs is 5. The summed E-state index contributed by atoms with van der Waals surface area (Å²) in [6.07, 6.45) is 0. The molecule has 0 saturated carbocycles. The highest BCUT2D eigenvalue weighted by Gasteiger charge is 2.24. The van der Waals surface area contributed by atoms with Gasteiger partial charge in [0.1, 0.15) is 22.7 Å². The van der Waals surface area contributed by atoms with Crippen LogP contribution < -0.4 is 9.47 Å². The van der Waals surface area contributed by atoms with Gasteiger partial charge in [-0.25, -0.2) is 0 Å². The van der Waals surface area contributed by atoms with Crippen molar-refractivity contribution in [3.63, 3.8) is 0 Å². The Morgan fingerprint density at radius 3 is 1.84 bits per heavy atom. The van der Waals surface area contributed by atoms with Crippen molar-refractivity contribution in [2.75, 3.05) is 14.2 Å². The van der Waals surface area contributed by atoms with E-state index in [1.54, 1.807) is 14.2 Å². The molecule has 1 aromatic heterocycles. The molecule has 6 aromatic rings. The average molecular weight is 404 g/mol. The molecule has 0 atom stereocenters. The molecule has 0 unspecified atom stereocenters. The van der Waals surface area contributed by atoms with E-state index >= 15 is 0 Å². The van der Waals surface area contributed by atoms with Crippen LogP contribution in [-0.4, -0.2) is 14.2 Å². The fourth-order valence-electron chi connectivity index (χ4n) is 4.71. The van der Waals surface area contributed by atoms with E-state index in [1.807, 2.05) is 24.3 Å². The largest absolute Gasteiger partial charge is 0.496 e. The minimum absolute atomic E-state index is 0.727. The Kier molecular flexibility index (Phi) is 3.90. The first-order valence-electron chi connectivity index (χ1n) is 10.3. The van der Waals surface area contributed by atoms with Crippen LogP contribution in [0.2, 0.25) is 0 Å². The van der Waals surface area contributed by atoms with Gasteiger partial charge < -0.3 is 13.9 Å². The zero-order valence-electron chi connectivity index (χ0n) is 17.3. The number of para-hydroxylation sites is 1. The summed E-state index contributed by atoms with van der Waals surface area (Å²) >= 11 is 0. The number of furan rings is 1. The van der Waals surface area contributed by atoms with Crippen LogP contribution in [0.15, 0.2) is 89.3 Å². The first-order chi connectivity index (χ1) is 15.3. The summed E-state index contributed by atoms with van der Waals surface area (Å²) < 4.78 is 18.1. The SMILES string of the molecule is COc1cc2oc3ccccc3c2c(OC)c1-c1c2ccccc2cc2ccccc12. The standard InChI is InChI=1S/C28H20O3/c1-29-23-16-24-26(21-13-7-8-14-22(21)31-24)28(30-2)27(23)25-19-11-5-3-9-17(19)15-18-10-4-6-12-20(18)25/h3-16H,1-2H3.